The number of nitrogens with zero attached hydrogens (tertiary/aromatic N) is 2. The third kappa shape index (κ3) is 3.04. The van der Waals surface area contributed by atoms with Crippen LogP contribution in [0.1, 0.15) is 23.2 Å². The van der Waals surface area contributed by atoms with Crippen LogP contribution in [0, 0.1) is 0 Å². The van der Waals surface area contributed by atoms with Crippen molar-refractivity contribution in [2.45, 2.75) is 6.92 Å². The molecule has 0 atom stereocenters. The third-order valence-corrected chi connectivity index (χ3v) is 2.58. The van der Waals surface area contributed by atoms with Gasteiger partial charge in [0.15, 0.2) is 10.4 Å². The van der Waals surface area contributed by atoms with E-state index in [1.165, 1.54) is 0 Å². The summed E-state index contributed by atoms with van der Waals surface area (Å²) in [7, 11) is 0. The van der Waals surface area contributed by atoms with Gasteiger partial charge >= 0.3 is 5.91 Å². The molecule has 0 unspecified atom stereocenters. The fourth-order valence-electron chi connectivity index (χ4n) is 1.26. The van der Waals surface area contributed by atoms with Crippen LogP contribution in [0.5, 0.6) is 0 Å². The van der Waals surface area contributed by atoms with E-state index in [9.17, 15) is 4.79 Å². The quantitative estimate of drug-likeness (QED) is 0.700. The number of aromatic nitrogens is 1. The second kappa shape index (κ2) is 5.59. The molecule has 0 saturated heterocycles. The summed E-state index contributed by atoms with van der Waals surface area (Å²) in [6.07, 6.45) is 1.67. The van der Waals surface area contributed by atoms with Gasteiger partial charge in [-0.05, 0) is 47.1 Å². The van der Waals surface area contributed by atoms with Crippen LogP contribution in [-0.2, 0) is 0 Å². The highest BCUT2D eigenvalue weighted by atomic mass is 79.9. The number of pyridine rings is 1. The summed E-state index contributed by atoms with van der Waals surface area (Å²) in [5.41, 5.74) is 3.73. The molecule has 2 heterocycles. The Bertz CT molecular complexity index is 578. The molecule has 0 bridgehead atoms. The number of hydrogen-bond acceptors (Lipinski definition) is 4. The predicted molar refractivity (Wildman–Crippen MR) is 70.3 cm³/mol. The molecular formula is C12H10BrN3O2. The van der Waals surface area contributed by atoms with Crippen LogP contribution in [-0.4, -0.2) is 16.6 Å². The maximum atomic E-state index is 11.6. The summed E-state index contributed by atoms with van der Waals surface area (Å²) in [6.45, 7) is 1.76. The van der Waals surface area contributed by atoms with Crippen molar-refractivity contribution in [2.75, 3.05) is 0 Å². The van der Waals surface area contributed by atoms with Crippen molar-refractivity contribution in [3.63, 3.8) is 0 Å². The minimum Gasteiger partial charge on any atom is -0.444 e. The van der Waals surface area contributed by atoms with Crippen LogP contribution in [0.2, 0.25) is 0 Å². The highest BCUT2D eigenvalue weighted by molar-refractivity contribution is 9.10. The van der Waals surface area contributed by atoms with Gasteiger partial charge in [-0.1, -0.05) is 6.07 Å². The first-order valence-electron chi connectivity index (χ1n) is 5.18. The van der Waals surface area contributed by atoms with E-state index in [1.54, 1.807) is 25.3 Å². The van der Waals surface area contributed by atoms with Gasteiger partial charge in [0.25, 0.3) is 0 Å². The van der Waals surface area contributed by atoms with E-state index in [4.69, 9.17) is 4.42 Å². The zero-order valence-corrected chi connectivity index (χ0v) is 11.1. The Morgan fingerprint density at radius 1 is 1.39 bits per heavy atom. The number of carbonyl (C=O) groups excluding carboxylic acids is 1. The van der Waals surface area contributed by atoms with Crippen molar-refractivity contribution in [2.24, 2.45) is 5.10 Å². The molecule has 0 aliphatic carbocycles. The van der Waals surface area contributed by atoms with Gasteiger partial charge in [0.1, 0.15) is 0 Å². The van der Waals surface area contributed by atoms with Crippen molar-refractivity contribution < 1.29 is 9.21 Å². The molecule has 0 saturated carbocycles. The SMILES string of the molecule is CC(=NNC(=O)c1ccc(Br)o1)c1ccccn1. The summed E-state index contributed by atoms with van der Waals surface area (Å²) < 4.78 is 5.60. The highest BCUT2D eigenvalue weighted by Gasteiger charge is 2.09. The van der Waals surface area contributed by atoms with Gasteiger partial charge in [0.05, 0.1) is 11.4 Å². The lowest BCUT2D eigenvalue weighted by Gasteiger charge is -2.00. The van der Waals surface area contributed by atoms with E-state index in [1.807, 2.05) is 18.2 Å². The Hall–Kier alpha value is -1.95. The van der Waals surface area contributed by atoms with Crippen LogP contribution in [0.4, 0.5) is 0 Å². The first-order chi connectivity index (χ1) is 8.66. The number of furan rings is 1. The number of carbonyl (C=O) groups is 1. The van der Waals surface area contributed by atoms with Gasteiger partial charge in [-0.3, -0.25) is 9.78 Å². The molecule has 1 N–H and O–H groups in total. The van der Waals surface area contributed by atoms with E-state index in [2.05, 4.69) is 31.4 Å². The topological polar surface area (TPSA) is 67.5 Å². The number of amides is 1. The van der Waals surface area contributed by atoms with E-state index < -0.39 is 5.91 Å². The van der Waals surface area contributed by atoms with E-state index in [0.717, 1.165) is 0 Å². The van der Waals surface area contributed by atoms with E-state index >= 15 is 0 Å². The van der Waals surface area contributed by atoms with Crippen molar-refractivity contribution >= 4 is 27.5 Å². The van der Waals surface area contributed by atoms with Crippen LogP contribution >= 0.6 is 15.9 Å². The molecule has 2 aromatic rings. The Morgan fingerprint density at radius 3 is 2.83 bits per heavy atom. The average molecular weight is 308 g/mol. The normalized spacial score (nSPS) is 11.3. The van der Waals surface area contributed by atoms with E-state index in [0.29, 0.717) is 16.1 Å². The second-order valence-corrected chi connectivity index (χ2v) is 4.24. The second-order valence-electron chi connectivity index (χ2n) is 3.46. The largest absolute Gasteiger partial charge is 0.444 e. The summed E-state index contributed by atoms with van der Waals surface area (Å²) in [4.78, 5) is 15.8. The lowest BCUT2D eigenvalue weighted by atomic mass is 10.3. The van der Waals surface area contributed by atoms with Gasteiger partial charge in [-0.15, -0.1) is 0 Å². The summed E-state index contributed by atoms with van der Waals surface area (Å²) in [5.74, 6) is -0.213. The standard InChI is InChI=1S/C12H10BrN3O2/c1-8(9-4-2-3-7-14-9)15-16-12(17)10-5-6-11(13)18-10/h2-7H,1H3,(H,16,17). The molecule has 18 heavy (non-hydrogen) atoms. The molecule has 6 heteroatoms. The Labute approximate surface area is 112 Å². The highest BCUT2D eigenvalue weighted by Crippen LogP contribution is 2.13. The van der Waals surface area contributed by atoms with Gasteiger partial charge in [0.2, 0.25) is 0 Å². The molecule has 0 spiro atoms. The summed E-state index contributed by atoms with van der Waals surface area (Å²) in [6, 6.07) is 8.69. The van der Waals surface area contributed by atoms with Crippen LogP contribution in [0.15, 0.2) is 50.7 Å². The number of hydrazone groups is 1. The predicted octanol–water partition coefficient (Wildman–Crippen LogP) is 2.59. The molecule has 0 aliphatic rings. The smallest absolute Gasteiger partial charge is 0.307 e. The molecule has 0 radical (unpaired) electrons. The van der Waals surface area contributed by atoms with Gasteiger partial charge < -0.3 is 4.42 Å². The lowest BCUT2D eigenvalue weighted by molar-refractivity contribution is 0.0926. The average Bonchev–Trinajstić information content (AvgIpc) is 2.83. The van der Waals surface area contributed by atoms with Crippen LogP contribution in [0.3, 0.4) is 0 Å². The van der Waals surface area contributed by atoms with Gasteiger partial charge in [-0.2, -0.15) is 5.10 Å². The fraction of sp³-hybridized carbons (Fsp3) is 0.0833. The Morgan fingerprint density at radius 2 is 2.22 bits per heavy atom. The number of halogens is 1. The van der Waals surface area contributed by atoms with Crippen LogP contribution < -0.4 is 5.43 Å². The molecule has 2 rings (SSSR count). The molecule has 1 amide bonds. The number of nitrogens with one attached hydrogen (secondary N) is 1. The maximum Gasteiger partial charge on any atom is 0.307 e. The van der Waals surface area contributed by atoms with Gasteiger partial charge in [0, 0.05) is 6.20 Å². The zero-order valence-electron chi connectivity index (χ0n) is 9.55. The number of hydrogen-bond donors (Lipinski definition) is 1. The lowest BCUT2D eigenvalue weighted by Crippen LogP contribution is -2.18. The van der Waals surface area contributed by atoms with Crippen molar-refractivity contribution in [3.05, 3.63) is 52.7 Å². The van der Waals surface area contributed by atoms with Crippen LogP contribution in [0.25, 0.3) is 0 Å². The third-order valence-electron chi connectivity index (χ3n) is 2.16. The molecular weight excluding hydrogens is 298 g/mol. The summed E-state index contributed by atoms with van der Waals surface area (Å²) in [5, 5.41) is 3.96. The molecule has 0 fully saturated rings. The zero-order chi connectivity index (χ0) is 13.0. The first-order valence-corrected chi connectivity index (χ1v) is 5.97. The molecule has 92 valence electrons. The molecule has 5 nitrogen and oxygen atoms in total. The van der Waals surface area contributed by atoms with E-state index in [-0.39, 0.29) is 5.76 Å². The monoisotopic (exact) mass is 307 g/mol. The number of rotatable bonds is 3. The fourth-order valence-corrected chi connectivity index (χ4v) is 1.57. The Kier molecular flexibility index (Phi) is 3.88. The summed E-state index contributed by atoms with van der Waals surface area (Å²) >= 11 is 3.12. The van der Waals surface area contributed by atoms with Gasteiger partial charge in [-0.25, -0.2) is 5.43 Å². The van der Waals surface area contributed by atoms with Crippen molar-refractivity contribution in [3.8, 4) is 0 Å². The van der Waals surface area contributed by atoms with Crippen molar-refractivity contribution in [1.29, 1.82) is 0 Å². The first kappa shape index (κ1) is 12.5. The Balaban J connectivity index is 2.05. The molecule has 0 aliphatic heterocycles. The minimum absolute atomic E-state index is 0.194. The molecule has 2 aromatic heterocycles. The van der Waals surface area contributed by atoms with Crippen molar-refractivity contribution in [1.82, 2.24) is 10.4 Å². The molecule has 0 aromatic carbocycles. The maximum absolute atomic E-state index is 11.6. The minimum atomic E-state index is -0.406.